The van der Waals surface area contributed by atoms with Crippen molar-refractivity contribution in [2.75, 3.05) is 26.7 Å². The van der Waals surface area contributed by atoms with Crippen LogP contribution in [0.5, 0.6) is 5.75 Å². The number of phenols is 1. The first-order valence-electron chi connectivity index (χ1n) is 8.98. The standard InChI is InChI=1S/C21H25FN2O2/c1-23(13-17-2-6-19(22)7-3-17)15-21(26)24-11-10-18(14-24)12-16-4-8-20(25)9-5-16/h2-9,18,25H,10-15H2,1H3. The van der Waals surface area contributed by atoms with Crippen molar-refractivity contribution in [2.24, 2.45) is 5.92 Å². The molecule has 0 saturated carbocycles. The van der Waals surface area contributed by atoms with Gasteiger partial charge in [-0.15, -0.1) is 0 Å². The van der Waals surface area contributed by atoms with E-state index < -0.39 is 0 Å². The highest BCUT2D eigenvalue weighted by molar-refractivity contribution is 5.78. The minimum atomic E-state index is -0.246. The van der Waals surface area contributed by atoms with E-state index in [1.165, 1.54) is 17.7 Å². The van der Waals surface area contributed by atoms with Crippen molar-refractivity contribution in [3.8, 4) is 5.75 Å². The molecule has 5 heteroatoms. The predicted molar refractivity (Wildman–Crippen MR) is 99.2 cm³/mol. The molecule has 1 N–H and O–H groups in total. The lowest BCUT2D eigenvalue weighted by atomic mass is 9.99. The van der Waals surface area contributed by atoms with Crippen LogP contribution in [0.25, 0.3) is 0 Å². The quantitative estimate of drug-likeness (QED) is 0.865. The highest BCUT2D eigenvalue weighted by atomic mass is 19.1. The summed E-state index contributed by atoms with van der Waals surface area (Å²) in [5, 5.41) is 9.36. The van der Waals surface area contributed by atoms with Crippen LogP contribution >= 0.6 is 0 Å². The number of carbonyl (C=O) groups excluding carboxylic acids is 1. The third-order valence-corrected chi connectivity index (χ3v) is 4.87. The summed E-state index contributed by atoms with van der Waals surface area (Å²) >= 11 is 0. The van der Waals surface area contributed by atoms with E-state index in [2.05, 4.69) is 0 Å². The lowest BCUT2D eigenvalue weighted by Gasteiger charge is -2.22. The van der Waals surface area contributed by atoms with Crippen LogP contribution in [0.4, 0.5) is 4.39 Å². The summed E-state index contributed by atoms with van der Waals surface area (Å²) in [6, 6.07) is 13.7. The fourth-order valence-electron chi connectivity index (χ4n) is 3.48. The zero-order valence-electron chi connectivity index (χ0n) is 15.1. The molecule has 2 aromatic rings. The average molecular weight is 356 g/mol. The van der Waals surface area contributed by atoms with Crippen molar-refractivity contribution in [3.63, 3.8) is 0 Å². The summed E-state index contributed by atoms with van der Waals surface area (Å²) in [6.07, 6.45) is 1.93. The van der Waals surface area contributed by atoms with Gasteiger partial charge in [-0.1, -0.05) is 24.3 Å². The largest absolute Gasteiger partial charge is 0.508 e. The molecule has 1 heterocycles. The Bertz CT molecular complexity index is 731. The summed E-state index contributed by atoms with van der Waals surface area (Å²) in [5.41, 5.74) is 2.18. The van der Waals surface area contributed by atoms with Crippen molar-refractivity contribution < 1.29 is 14.3 Å². The third kappa shape index (κ3) is 5.05. The highest BCUT2D eigenvalue weighted by Crippen LogP contribution is 2.22. The molecule has 1 aliphatic heterocycles. The number of carbonyl (C=O) groups is 1. The van der Waals surface area contributed by atoms with E-state index in [1.54, 1.807) is 24.3 Å². The van der Waals surface area contributed by atoms with E-state index in [9.17, 15) is 14.3 Å². The fraction of sp³-hybridized carbons (Fsp3) is 0.381. The first-order valence-corrected chi connectivity index (χ1v) is 8.98. The van der Waals surface area contributed by atoms with Crippen LogP contribution in [0.1, 0.15) is 17.5 Å². The van der Waals surface area contributed by atoms with Gasteiger partial charge in [0.2, 0.25) is 5.91 Å². The zero-order chi connectivity index (χ0) is 18.5. The van der Waals surface area contributed by atoms with Crippen LogP contribution in [-0.2, 0) is 17.8 Å². The number of likely N-dealkylation sites (N-methyl/N-ethyl adjacent to an activating group) is 1. The van der Waals surface area contributed by atoms with E-state index >= 15 is 0 Å². The molecular weight excluding hydrogens is 331 g/mol. The molecule has 0 spiro atoms. The summed E-state index contributed by atoms with van der Waals surface area (Å²) in [4.78, 5) is 16.4. The van der Waals surface area contributed by atoms with Gasteiger partial charge in [0.15, 0.2) is 0 Å². The van der Waals surface area contributed by atoms with E-state index in [-0.39, 0.29) is 17.5 Å². The highest BCUT2D eigenvalue weighted by Gasteiger charge is 2.26. The summed E-state index contributed by atoms with van der Waals surface area (Å²) in [7, 11) is 1.91. The van der Waals surface area contributed by atoms with Crippen LogP contribution < -0.4 is 0 Å². The number of halogens is 1. The van der Waals surface area contributed by atoms with Gasteiger partial charge in [-0.05, 0) is 61.2 Å². The third-order valence-electron chi connectivity index (χ3n) is 4.87. The number of amides is 1. The summed E-state index contributed by atoms with van der Waals surface area (Å²) in [6.45, 7) is 2.57. The molecule has 4 nitrogen and oxygen atoms in total. The number of nitrogens with zero attached hydrogens (tertiary/aromatic N) is 2. The van der Waals surface area contributed by atoms with Crippen LogP contribution in [0, 0.1) is 11.7 Å². The molecule has 1 saturated heterocycles. The van der Waals surface area contributed by atoms with Crippen molar-refractivity contribution in [1.82, 2.24) is 9.80 Å². The van der Waals surface area contributed by atoms with Gasteiger partial charge < -0.3 is 10.0 Å². The maximum absolute atomic E-state index is 13.0. The number of benzene rings is 2. The Labute approximate surface area is 153 Å². The lowest BCUT2D eigenvalue weighted by Crippen LogP contribution is -2.37. The molecule has 1 amide bonds. The molecule has 0 aliphatic carbocycles. The molecule has 26 heavy (non-hydrogen) atoms. The van der Waals surface area contributed by atoms with Gasteiger partial charge in [-0.2, -0.15) is 0 Å². The number of likely N-dealkylation sites (tertiary alicyclic amines) is 1. The Hall–Kier alpha value is -2.40. The van der Waals surface area contributed by atoms with Crippen molar-refractivity contribution in [2.45, 2.75) is 19.4 Å². The number of phenolic OH excluding ortho intramolecular Hbond substituents is 1. The van der Waals surface area contributed by atoms with Crippen LogP contribution in [0.15, 0.2) is 48.5 Å². The van der Waals surface area contributed by atoms with Crippen molar-refractivity contribution >= 4 is 5.91 Å². The molecule has 0 bridgehead atoms. The fourth-order valence-corrected chi connectivity index (χ4v) is 3.48. The predicted octanol–water partition coefficient (Wildman–Crippen LogP) is 3.05. The van der Waals surface area contributed by atoms with Gasteiger partial charge in [-0.25, -0.2) is 4.39 Å². The molecule has 1 aliphatic rings. The van der Waals surface area contributed by atoms with Gasteiger partial charge in [-0.3, -0.25) is 9.69 Å². The minimum absolute atomic E-state index is 0.141. The number of hydrogen-bond acceptors (Lipinski definition) is 3. The monoisotopic (exact) mass is 356 g/mol. The molecule has 1 fully saturated rings. The van der Waals surface area contributed by atoms with Crippen LogP contribution in [0.3, 0.4) is 0 Å². The van der Waals surface area contributed by atoms with Gasteiger partial charge in [0, 0.05) is 19.6 Å². The van der Waals surface area contributed by atoms with E-state index in [0.717, 1.165) is 31.5 Å². The Kier molecular flexibility index (Phi) is 5.89. The van der Waals surface area contributed by atoms with Crippen molar-refractivity contribution in [1.29, 1.82) is 0 Å². The number of rotatable bonds is 6. The van der Waals surface area contributed by atoms with E-state index in [0.29, 0.717) is 19.0 Å². The van der Waals surface area contributed by atoms with Gasteiger partial charge >= 0.3 is 0 Å². The molecule has 0 radical (unpaired) electrons. The number of hydrogen-bond donors (Lipinski definition) is 1. The Morgan fingerprint density at radius 2 is 1.81 bits per heavy atom. The van der Waals surface area contributed by atoms with Crippen molar-refractivity contribution in [3.05, 3.63) is 65.5 Å². The maximum atomic E-state index is 13.0. The molecule has 138 valence electrons. The second kappa shape index (κ2) is 8.32. The molecule has 1 atom stereocenters. The Morgan fingerprint density at radius 3 is 2.50 bits per heavy atom. The molecule has 0 aromatic heterocycles. The first kappa shape index (κ1) is 18.4. The van der Waals surface area contributed by atoms with Gasteiger partial charge in [0.1, 0.15) is 11.6 Å². The second-order valence-corrected chi connectivity index (χ2v) is 7.16. The smallest absolute Gasteiger partial charge is 0.236 e. The Balaban J connectivity index is 1.46. The molecular formula is C21H25FN2O2. The number of aromatic hydroxyl groups is 1. The Morgan fingerprint density at radius 1 is 1.15 bits per heavy atom. The van der Waals surface area contributed by atoms with Gasteiger partial charge in [0.25, 0.3) is 0 Å². The molecule has 1 unspecified atom stereocenters. The normalized spacial score (nSPS) is 17.0. The summed E-state index contributed by atoms with van der Waals surface area (Å²) < 4.78 is 13.0. The van der Waals surface area contributed by atoms with E-state index in [1.807, 2.05) is 29.0 Å². The lowest BCUT2D eigenvalue weighted by molar-refractivity contribution is -0.131. The second-order valence-electron chi connectivity index (χ2n) is 7.16. The maximum Gasteiger partial charge on any atom is 0.236 e. The first-order chi connectivity index (χ1) is 12.5. The minimum Gasteiger partial charge on any atom is -0.508 e. The van der Waals surface area contributed by atoms with E-state index in [4.69, 9.17) is 0 Å². The zero-order valence-corrected chi connectivity index (χ0v) is 15.1. The topological polar surface area (TPSA) is 43.8 Å². The van der Waals surface area contributed by atoms with Gasteiger partial charge in [0.05, 0.1) is 6.54 Å². The summed E-state index contributed by atoms with van der Waals surface area (Å²) in [5.74, 6) is 0.638. The average Bonchev–Trinajstić information content (AvgIpc) is 3.08. The molecule has 3 rings (SSSR count). The SMILES string of the molecule is CN(CC(=O)N1CCC(Cc2ccc(O)cc2)C1)Cc1ccc(F)cc1. The van der Waals surface area contributed by atoms with Crippen LogP contribution in [-0.4, -0.2) is 47.5 Å². The molecule has 2 aromatic carbocycles. The van der Waals surface area contributed by atoms with Crippen LogP contribution in [0.2, 0.25) is 0 Å².